The van der Waals surface area contributed by atoms with Crippen LogP contribution >= 0.6 is 0 Å². The molecule has 0 bridgehead atoms. The summed E-state index contributed by atoms with van der Waals surface area (Å²) < 4.78 is 6.61. The Kier molecular flexibility index (Phi) is 5.00. The number of nitrogens with zero attached hydrogens (tertiary/aromatic N) is 1. The first kappa shape index (κ1) is 15.1. The molecular formula is C16H20N2O3. The highest BCUT2D eigenvalue weighted by atomic mass is 16.5. The Labute approximate surface area is 123 Å². The third-order valence-corrected chi connectivity index (χ3v) is 3.27. The van der Waals surface area contributed by atoms with Gasteiger partial charge in [0, 0.05) is 32.0 Å². The highest BCUT2D eigenvalue weighted by molar-refractivity contribution is 5.44. The van der Waals surface area contributed by atoms with Gasteiger partial charge < -0.3 is 19.7 Å². The van der Waals surface area contributed by atoms with Crippen molar-refractivity contribution < 1.29 is 9.84 Å². The summed E-state index contributed by atoms with van der Waals surface area (Å²) in [5, 5.41) is 12.8. The summed E-state index contributed by atoms with van der Waals surface area (Å²) in [7, 11) is 1.61. The Hall–Kier alpha value is -2.27. The van der Waals surface area contributed by atoms with Crippen molar-refractivity contribution in [3.63, 3.8) is 0 Å². The lowest BCUT2D eigenvalue weighted by atomic mass is 10.1. The molecule has 0 amide bonds. The molecular weight excluding hydrogens is 268 g/mol. The summed E-state index contributed by atoms with van der Waals surface area (Å²) in [4.78, 5) is 11.7. The third kappa shape index (κ3) is 4.10. The number of methoxy groups -OCH3 is 1. The SMILES string of the molecule is COCCn1cc(NC(C)c2cccc(O)c2)ccc1=O. The van der Waals surface area contributed by atoms with Crippen molar-refractivity contribution in [3.8, 4) is 5.75 Å². The monoisotopic (exact) mass is 288 g/mol. The van der Waals surface area contributed by atoms with Gasteiger partial charge in [-0.1, -0.05) is 12.1 Å². The smallest absolute Gasteiger partial charge is 0.250 e. The molecule has 0 aliphatic heterocycles. The second kappa shape index (κ2) is 6.95. The second-order valence-electron chi connectivity index (χ2n) is 4.90. The maximum absolute atomic E-state index is 11.7. The molecule has 0 fully saturated rings. The molecule has 1 unspecified atom stereocenters. The number of phenolic OH excluding ortho intramolecular Hbond substituents is 1. The summed E-state index contributed by atoms with van der Waals surface area (Å²) in [6.45, 7) is 3.01. The van der Waals surface area contributed by atoms with Crippen molar-refractivity contribution >= 4 is 5.69 Å². The van der Waals surface area contributed by atoms with Crippen LogP contribution in [0.15, 0.2) is 47.4 Å². The van der Waals surface area contributed by atoms with E-state index in [4.69, 9.17) is 4.74 Å². The fourth-order valence-corrected chi connectivity index (χ4v) is 2.11. The fourth-order valence-electron chi connectivity index (χ4n) is 2.11. The standard InChI is InChI=1S/C16H20N2O3/c1-12(13-4-3-5-15(19)10-13)17-14-6-7-16(20)18(11-14)8-9-21-2/h3-7,10-12,17,19H,8-9H2,1-2H3. The number of ether oxygens (including phenoxy) is 1. The number of rotatable bonds is 6. The molecule has 0 saturated carbocycles. The van der Waals surface area contributed by atoms with Crippen molar-refractivity contribution in [1.29, 1.82) is 0 Å². The van der Waals surface area contributed by atoms with Crippen LogP contribution in [0.25, 0.3) is 0 Å². The number of benzene rings is 1. The van der Waals surface area contributed by atoms with Gasteiger partial charge in [0.1, 0.15) is 5.75 Å². The second-order valence-corrected chi connectivity index (χ2v) is 4.90. The van der Waals surface area contributed by atoms with Crippen molar-refractivity contribution in [2.45, 2.75) is 19.5 Å². The van der Waals surface area contributed by atoms with Crippen molar-refractivity contribution in [3.05, 3.63) is 58.5 Å². The Morgan fingerprint density at radius 1 is 1.33 bits per heavy atom. The molecule has 21 heavy (non-hydrogen) atoms. The first-order chi connectivity index (χ1) is 10.1. The van der Waals surface area contributed by atoms with Crippen LogP contribution in [0, 0.1) is 0 Å². The summed E-state index contributed by atoms with van der Waals surface area (Å²) in [6.07, 6.45) is 1.78. The highest BCUT2D eigenvalue weighted by Gasteiger charge is 2.07. The summed E-state index contributed by atoms with van der Waals surface area (Å²) in [5.41, 5.74) is 1.77. The molecule has 5 heteroatoms. The minimum atomic E-state index is -0.0531. The van der Waals surface area contributed by atoms with E-state index in [9.17, 15) is 9.90 Å². The molecule has 5 nitrogen and oxygen atoms in total. The minimum absolute atomic E-state index is 0.0190. The molecule has 0 radical (unpaired) electrons. The van der Waals surface area contributed by atoms with E-state index in [0.717, 1.165) is 11.3 Å². The number of hydrogen-bond acceptors (Lipinski definition) is 4. The Balaban J connectivity index is 2.13. The third-order valence-electron chi connectivity index (χ3n) is 3.27. The van der Waals surface area contributed by atoms with E-state index in [1.54, 1.807) is 36.1 Å². The van der Waals surface area contributed by atoms with Crippen molar-refractivity contribution in [1.82, 2.24) is 4.57 Å². The quantitative estimate of drug-likeness (QED) is 0.856. The molecule has 2 aromatic rings. The zero-order chi connectivity index (χ0) is 15.2. The maximum atomic E-state index is 11.7. The van der Waals surface area contributed by atoms with Gasteiger partial charge in [0.05, 0.1) is 12.3 Å². The van der Waals surface area contributed by atoms with Gasteiger partial charge >= 0.3 is 0 Å². The van der Waals surface area contributed by atoms with E-state index in [-0.39, 0.29) is 17.4 Å². The van der Waals surface area contributed by atoms with Crippen LogP contribution in [-0.4, -0.2) is 23.4 Å². The van der Waals surface area contributed by atoms with Crippen LogP contribution in [0.2, 0.25) is 0 Å². The van der Waals surface area contributed by atoms with E-state index in [2.05, 4.69) is 5.32 Å². The number of phenols is 1. The predicted octanol–water partition coefficient (Wildman–Crippen LogP) is 2.37. The molecule has 0 spiro atoms. The molecule has 112 valence electrons. The topological polar surface area (TPSA) is 63.5 Å². The average Bonchev–Trinajstić information content (AvgIpc) is 2.47. The van der Waals surface area contributed by atoms with E-state index < -0.39 is 0 Å². The zero-order valence-corrected chi connectivity index (χ0v) is 12.2. The Morgan fingerprint density at radius 2 is 2.14 bits per heavy atom. The van der Waals surface area contributed by atoms with Gasteiger partial charge in [0.2, 0.25) is 0 Å². The van der Waals surface area contributed by atoms with Gasteiger partial charge in [-0.15, -0.1) is 0 Å². The summed E-state index contributed by atoms with van der Waals surface area (Å²) in [6, 6.07) is 10.4. The largest absolute Gasteiger partial charge is 0.508 e. The predicted molar refractivity (Wildman–Crippen MR) is 82.7 cm³/mol. The molecule has 0 aliphatic carbocycles. The van der Waals surface area contributed by atoms with Crippen LogP contribution in [0.5, 0.6) is 5.75 Å². The van der Waals surface area contributed by atoms with Crippen molar-refractivity contribution in [2.75, 3.05) is 19.0 Å². The highest BCUT2D eigenvalue weighted by Crippen LogP contribution is 2.21. The van der Waals surface area contributed by atoms with E-state index >= 15 is 0 Å². The normalized spacial score (nSPS) is 12.1. The molecule has 1 aromatic heterocycles. The van der Waals surface area contributed by atoms with E-state index in [1.165, 1.54) is 6.07 Å². The number of aromatic hydroxyl groups is 1. The number of anilines is 1. The van der Waals surface area contributed by atoms with E-state index in [1.807, 2.05) is 19.1 Å². The fraction of sp³-hybridized carbons (Fsp3) is 0.312. The van der Waals surface area contributed by atoms with Crippen LogP contribution in [0.3, 0.4) is 0 Å². The Bertz CT molecular complexity index is 652. The van der Waals surface area contributed by atoms with Gasteiger partial charge in [0.25, 0.3) is 5.56 Å². The van der Waals surface area contributed by atoms with Crippen LogP contribution in [0.1, 0.15) is 18.5 Å². The molecule has 0 saturated heterocycles. The van der Waals surface area contributed by atoms with E-state index in [0.29, 0.717) is 13.2 Å². The van der Waals surface area contributed by atoms with Gasteiger partial charge in [-0.3, -0.25) is 4.79 Å². The molecule has 2 N–H and O–H groups in total. The molecule has 1 heterocycles. The van der Waals surface area contributed by atoms with Crippen LogP contribution < -0.4 is 10.9 Å². The lowest BCUT2D eigenvalue weighted by Crippen LogP contribution is -2.21. The van der Waals surface area contributed by atoms with Gasteiger partial charge in [-0.2, -0.15) is 0 Å². The Morgan fingerprint density at radius 3 is 2.86 bits per heavy atom. The molecule has 0 aliphatic rings. The van der Waals surface area contributed by atoms with Crippen LogP contribution in [-0.2, 0) is 11.3 Å². The first-order valence-electron chi connectivity index (χ1n) is 6.85. The van der Waals surface area contributed by atoms with Gasteiger partial charge in [-0.25, -0.2) is 0 Å². The van der Waals surface area contributed by atoms with Gasteiger partial charge in [-0.05, 0) is 30.7 Å². The molecule has 1 atom stereocenters. The summed E-state index contributed by atoms with van der Waals surface area (Å²) >= 11 is 0. The lowest BCUT2D eigenvalue weighted by Gasteiger charge is -2.17. The minimum Gasteiger partial charge on any atom is -0.508 e. The summed E-state index contributed by atoms with van der Waals surface area (Å²) in [5.74, 6) is 0.242. The number of hydrogen-bond donors (Lipinski definition) is 2. The van der Waals surface area contributed by atoms with Gasteiger partial charge in [0.15, 0.2) is 0 Å². The van der Waals surface area contributed by atoms with Crippen molar-refractivity contribution in [2.24, 2.45) is 0 Å². The average molecular weight is 288 g/mol. The maximum Gasteiger partial charge on any atom is 0.250 e. The number of pyridine rings is 1. The van der Waals surface area contributed by atoms with Crippen LogP contribution in [0.4, 0.5) is 5.69 Å². The number of aromatic nitrogens is 1. The number of nitrogens with one attached hydrogen (secondary N) is 1. The zero-order valence-electron chi connectivity index (χ0n) is 12.2. The lowest BCUT2D eigenvalue weighted by molar-refractivity contribution is 0.186. The first-order valence-corrected chi connectivity index (χ1v) is 6.85. The molecule has 2 rings (SSSR count). The molecule has 1 aromatic carbocycles.